The standard InChI is InChI=1S/C43H46N2O3P2/c1-41(2,3)31-27-35-39(37(29-31)47-49(44-23-15-16-24-44)33-19-11-9-12-20-33)46-40-36(43(35,7)8)28-32(42(4,5)6)30-38(40)48-50(45-25-17-18-26-45)34-21-13-10-14-22-34/h9-30H,1-8H3. The van der Waals surface area contributed by atoms with Crippen LogP contribution in [-0.4, -0.2) is 8.68 Å². The summed E-state index contributed by atoms with van der Waals surface area (Å²) in [6, 6.07) is 38.1. The fraction of sp³-hybridized carbons (Fsp3) is 0.256. The van der Waals surface area contributed by atoms with E-state index in [1.807, 2.05) is 36.4 Å². The Morgan fingerprint density at radius 2 is 0.880 bits per heavy atom. The number of hydrogen-bond donors (Lipinski definition) is 0. The predicted octanol–water partition coefficient (Wildman–Crippen LogP) is 11.4. The minimum atomic E-state index is -1.24. The van der Waals surface area contributed by atoms with Crippen LogP contribution >= 0.6 is 16.6 Å². The molecule has 3 heterocycles. The van der Waals surface area contributed by atoms with Gasteiger partial charge < -0.3 is 13.8 Å². The summed E-state index contributed by atoms with van der Waals surface area (Å²) < 4.78 is 25.9. The maximum atomic E-state index is 7.18. The number of hydrogen-bond acceptors (Lipinski definition) is 3. The van der Waals surface area contributed by atoms with E-state index in [9.17, 15) is 0 Å². The van der Waals surface area contributed by atoms with Crippen LogP contribution in [0.4, 0.5) is 0 Å². The number of nitrogens with zero attached hydrogens (tertiary/aromatic N) is 2. The average Bonchev–Trinajstić information content (AvgIpc) is 3.82. The number of aromatic nitrogens is 2. The summed E-state index contributed by atoms with van der Waals surface area (Å²) in [5, 5.41) is 2.23. The van der Waals surface area contributed by atoms with Gasteiger partial charge in [0.05, 0.1) is 0 Å². The smallest absolute Gasteiger partial charge is 0.229 e. The van der Waals surface area contributed by atoms with Gasteiger partial charge in [0.15, 0.2) is 23.0 Å². The molecule has 2 aromatic heterocycles. The van der Waals surface area contributed by atoms with Crippen LogP contribution in [0.5, 0.6) is 23.0 Å². The van der Waals surface area contributed by atoms with Crippen LogP contribution in [-0.2, 0) is 16.2 Å². The van der Waals surface area contributed by atoms with Gasteiger partial charge in [-0.05, 0) is 82.6 Å². The molecule has 0 N–H and O–H groups in total. The Morgan fingerprint density at radius 3 is 1.22 bits per heavy atom. The van der Waals surface area contributed by atoms with Crippen molar-refractivity contribution in [2.24, 2.45) is 0 Å². The van der Waals surface area contributed by atoms with Gasteiger partial charge in [-0.15, -0.1) is 0 Å². The maximum absolute atomic E-state index is 7.18. The van der Waals surface area contributed by atoms with Crippen LogP contribution in [0.25, 0.3) is 0 Å². The molecule has 50 heavy (non-hydrogen) atoms. The lowest BCUT2D eigenvalue weighted by atomic mass is 9.72. The molecular formula is C43H46N2O3P2. The highest BCUT2D eigenvalue weighted by Gasteiger charge is 2.41. The zero-order valence-electron chi connectivity index (χ0n) is 30.2. The Hall–Kier alpha value is -4.30. The lowest BCUT2D eigenvalue weighted by Crippen LogP contribution is -2.27. The highest BCUT2D eigenvalue weighted by molar-refractivity contribution is 7.60. The van der Waals surface area contributed by atoms with Crippen LogP contribution in [0.2, 0.25) is 0 Å². The average molecular weight is 701 g/mol. The first kappa shape index (κ1) is 34.2. The Kier molecular flexibility index (Phi) is 8.96. The van der Waals surface area contributed by atoms with E-state index < -0.39 is 22.0 Å². The summed E-state index contributed by atoms with van der Waals surface area (Å²) in [5.74, 6) is 2.95. The molecule has 6 aromatic rings. The fourth-order valence-electron chi connectivity index (χ4n) is 6.25. The molecule has 0 saturated carbocycles. The van der Waals surface area contributed by atoms with Crippen molar-refractivity contribution >= 4 is 27.2 Å². The van der Waals surface area contributed by atoms with Crippen LogP contribution in [0.15, 0.2) is 134 Å². The fourth-order valence-corrected chi connectivity index (χ4v) is 9.47. The molecule has 0 saturated heterocycles. The van der Waals surface area contributed by atoms with E-state index in [-0.39, 0.29) is 10.8 Å². The van der Waals surface area contributed by atoms with Gasteiger partial charge in [-0.25, -0.2) is 0 Å². The molecular weight excluding hydrogens is 654 g/mol. The van der Waals surface area contributed by atoms with E-state index in [0.717, 1.165) is 44.7 Å². The molecule has 256 valence electrons. The minimum absolute atomic E-state index is 0.115. The number of rotatable bonds is 8. The highest BCUT2D eigenvalue weighted by Crippen LogP contribution is 2.59. The van der Waals surface area contributed by atoms with Gasteiger partial charge in [0.25, 0.3) is 0 Å². The van der Waals surface area contributed by atoms with Crippen molar-refractivity contribution in [3.05, 3.63) is 156 Å². The Morgan fingerprint density at radius 1 is 0.520 bits per heavy atom. The second-order valence-electron chi connectivity index (χ2n) is 15.5. The number of fused-ring (bicyclic) bond motifs is 2. The molecule has 0 bridgehead atoms. The van der Waals surface area contributed by atoms with E-state index in [1.54, 1.807) is 0 Å². The summed E-state index contributed by atoms with van der Waals surface area (Å²) in [6.07, 6.45) is 8.30. The summed E-state index contributed by atoms with van der Waals surface area (Å²) in [6.45, 7) is 18.1. The van der Waals surface area contributed by atoms with Gasteiger partial charge >= 0.3 is 0 Å². The molecule has 0 amide bonds. The van der Waals surface area contributed by atoms with E-state index in [1.165, 1.54) is 11.1 Å². The first-order valence-corrected chi connectivity index (χ1v) is 19.6. The van der Waals surface area contributed by atoms with Crippen molar-refractivity contribution in [2.75, 3.05) is 0 Å². The molecule has 2 unspecified atom stereocenters. The van der Waals surface area contributed by atoms with Crippen LogP contribution < -0.4 is 24.4 Å². The van der Waals surface area contributed by atoms with Gasteiger partial charge in [0.1, 0.15) is 0 Å². The maximum Gasteiger partial charge on any atom is 0.229 e. The zero-order chi connectivity index (χ0) is 35.3. The third-order valence-corrected chi connectivity index (χ3v) is 12.9. The topological polar surface area (TPSA) is 37.5 Å². The van der Waals surface area contributed by atoms with E-state index >= 15 is 0 Å². The highest BCUT2D eigenvalue weighted by atomic mass is 31.2. The normalized spacial score (nSPS) is 15.0. The molecule has 7 heteroatoms. The van der Waals surface area contributed by atoms with E-state index in [4.69, 9.17) is 13.8 Å². The van der Waals surface area contributed by atoms with Gasteiger partial charge in [-0.1, -0.05) is 104 Å². The SMILES string of the molecule is CC(C)(C)c1cc(OP(c2ccccc2)n2cccc2)c2c(c1)C(C)(C)c1cc(C(C)(C)C)cc(OP(c3ccccc3)n3cccc3)c1O2. The van der Waals surface area contributed by atoms with Crippen molar-refractivity contribution in [1.29, 1.82) is 0 Å². The molecule has 0 radical (unpaired) electrons. The zero-order valence-corrected chi connectivity index (χ0v) is 32.0. The van der Waals surface area contributed by atoms with Crippen LogP contribution in [0, 0.1) is 0 Å². The summed E-state index contributed by atoms with van der Waals surface area (Å²) in [4.78, 5) is 0. The lowest BCUT2D eigenvalue weighted by molar-refractivity contribution is 0.383. The van der Waals surface area contributed by atoms with Crippen LogP contribution in [0.3, 0.4) is 0 Å². The van der Waals surface area contributed by atoms with Gasteiger partial charge in [-0.3, -0.25) is 8.68 Å². The van der Waals surface area contributed by atoms with Gasteiger partial charge in [0.2, 0.25) is 16.6 Å². The molecule has 2 atom stereocenters. The first-order chi connectivity index (χ1) is 23.8. The van der Waals surface area contributed by atoms with Crippen molar-refractivity contribution in [3.63, 3.8) is 0 Å². The van der Waals surface area contributed by atoms with Crippen molar-refractivity contribution in [2.45, 2.75) is 71.6 Å². The number of ether oxygens (including phenoxy) is 1. The Balaban J connectivity index is 1.42. The third-order valence-electron chi connectivity index (χ3n) is 9.31. The predicted molar refractivity (Wildman–Crippen MR) is 209 cm³/mol. The monoisotopic (exact) mass is 700 g/mol. The number of benzene rings is 4. The Bertz CT molecular complexity index is 1930. The second kappa shape index (κ2) is 13.1. The quantitative estimate of drug-likeness (QED) is 0.148. The molecule has 0 aliphatic carbocycles. The third kappa shape index (κ3) is 6.62. The van der Waals surface area contributed by atoms with Crippen molar-refractivity contribution < 1.29 is 13.8 Å². The molecule has 7 rings (SSSR count). The first-order valence-electron chi connectivity index (χ1n) is 17.2. The largest absolute Gasteiger partial charge is 0.449 e. The molecule has 0 spiro atoms. The molecule has 1 aliphatic heterocycles. The summed E-state index contributed by atoms with van der Waals surface area (Å²) in [7, 11) is -2.49. The van der Waals surface area contributed by atoms with Gasteiger partial charge in [0, 0.05) is 51.9 Å². The van der Waals surface area contributed by atoms with Gasteiger partial charge in [-0.2, -0.15) is 0 Å². The second-order valence-corrected chi connectivity index (χ2v) is 18.9. The molecule has 1 aliphatic rings. The lowest BCUT2D eigenvalue weighted by Gasteiger charge is -2.39. The van der Waals surface area contributed by atoms with E-state index in [2.05, 4.69) is 162 Å². The van der Waals surface area contributed by atoms with Crippen molar-refractivity contribution in [1.82, 2.24) is 8.68 Å². The summed E-state index contributed by atoms with van der Waals surface area (Å²) >= 11 is 0. The minimum Gasteiger partial charge on any atom is -0.449 e. The van der Waals surface area contributed by atoms with Crippen LogP contribution in [0.1, 0.15) is 77.6 Å². The summed E-state index contributed by atoms with van der Waals surface area (Å²) in [5.41, 5.74) is 3.96. The molecule has 5 nitrogen and oxygen atoms in total. The van der Waals surface area contributed by atoms with E-state index in [0.29, 0.717) is 0 Å². The molecule has 4 aromatic carbocycles. The van der Waals surface area contributed by atoms with Crippen molar-refractivity contribution in [3.8, 4) is 23.0 Å². The molecule has 0 fully saturated rings. The Labute approximate surface area is 299 Å².